The summed E-state index contributed by atoms with van der Waals surface area (Å²) in [6.07, 6.45) is 7.74. The third-order valence-electron chi connectivity index (χ3n) is 6.57. The molecule has 37 heavy (non-hydrogen) atoms. The van der Waals surface area contributed by atoms with Crippen molar-refractivity contribution in [3.05, 3.63) is 65.2 Å². The first-order valence-electron chi connectivity index (χ1n) is 11.9. The number of ether oxygens (including phenoxy) is 2. The molecule has 192 valence electrons. The summed E-state index contributed by atoms with van der Waals surface area (Å²) >= 11 is 6.25. The molecule has 1 fully saturated rings. The fourth-order valence-corrected chi connectivity index (χ4v) is 4.89. The van der Waals surface area contributed by atoms with Gasteiger partial charge in [0, 0.05) is 35.5 Å². The van der Waals surface area contributed by atoms with E-state index in [4.69, 9.17) is 26.8 Å². The van der Waals surface area contributed by atoms with Crippen molar-refractivity contribution in [2.45, 2.75) is 31.7 Å². The van der Waals surface area contributed by atoms with Crippen LogP contribution in [0.3, 0.4) is 0 Å². The monoisotopic (exact) mass is 523 g/mol. The van der Waals surface area contributed by atoms with E-state index in [0.717, 1.165) is 36.9 Å². The molecule has 1 saturated carbocycles. The summed E-state index contributed by atoms with van der Waals surface area (Å²) in [6, 6.07) is 9.54. The second kappa shape index (κ2) is 10.2. The molecule has 0 spiro atoms. The van der Waals surface area contributed by atoms with E-state index in [0.29, 0.717) is 33.9 Å². The Balaban J connectivity index is 1.64. The number of anilines is 1. The van der Waals surface area contributed by atoms with Gasteiger partial charge in [0.15, 0.2) is 11.5 Å². The second-order valence-corrected chi connectivity index (χ2v) is 9.34. The molecule has 0 unspecified atom stereocenters. The van der Waals surface area contributed by atoms with Crippen LogP contribution in [0.15, 0.2) is 53.8 Å². The Morgan fingerprint density at radius 3 is 2.59 bits per heavy atom. The van der Waals surface area contributed by atoms with Gasteiger partial charge in [-0.1, -0.05) is 24.4 Å². The average molecular weight is 524 g/mol. The van der Waals surface area contributed by atoms with Gasteiger partial charge in [0.2, 0.25) is 0 Å². The number of amidine groups is 1. The highest BCUT2D eigenvalue weighted by Gasteiger charge is 2.22. The number of phenols is 1. The van der Waals surface area contributed by atoms with Crippen LogP contribution in [-0.2, 0) is 0 Å². The van der Waals surface area contributed by atoms with E-state index in [2.05, 4.69) is 15.4 Å². The van der Waals surface area contributed by atoms with Gasteiger partial charge in [-0.3, -0.25) is 0 Å². The molecule has 1 aliphatic carbocycles. The van der Waals surface area contributed by atoms with Crippen LogP contribution in [0.1, 0.15) is 31.2 Å². The van der Waals surface area contributed by atoms with Crippen molar-refractivity contribution >= 4 is 34.3 Å². The van der Waals surface area contributed by atoms with E-state index < -0.39 is 5.82 Å². The quantitative estimate of drug-likeness (QED) is 0.205. The third-order valence-corrected chi connectivity index (χ3v) is 6.88. The molecule has 2 aromatic heterocycles. The van der Waals surface area contributed by atoms with Crippen molar-refractivity contribution in [2.75, 3.05) is 19.5 Å². The van der Waals surface area contributed by atoms with Crippen LogP contribution in [0.5, 0.6) is 17.2 Å². The number of halogens is 2. The van der Waals surface area contributed by atoms with Crippen LogP contribution in [0.25, 0.3) is 16.6 Å². The Morgan fingerprint density at radius 1 is 1.16 bits per heavy atom. The lowest BCUT2D eigenvalue weighted by molar-refractivity contribution is 0.352. The van der Waals surface area contributed by atoms with Crippen molar-refractivity contribution in [1.29, 1.82) is 0 Å². The van der Waals surface area contributed by atoms with E-state index in [1.165, 1.54) is 32.4 Å². The van der Waals surface area contributed by atoms with Crippen LogP contribution in [-0.4, -0.2) is 40.8 Å². The minimum absolute atomic E-state index is 0.0392. The van der Waals surface area contributed by atoms with Crippen molar-refractivity contribution in [2.24, 2.45) is 10.7 Å². The van der Waals surface area contributed by atoms with Gasteiger partial charge in [-0.25, -0.2) is 13.9 Å². The molecule has 0 saturated heterocycles. The number of phenolic OH excluding ortho intramolecular Hbond substituents is 1. The van der Waals surface area contributed by atoms with Crippen LogP contribution in [0, 0.1) is 5.82 Å². The molecular formula is C27H27ClFN5O3. The molecule has 8 nitrogen and oxygen atoms in total. The number of rotatable bonds is 7. The van der Waals surface area contributed by atoms with E-state index in [1.54, 1.807) is 29.0 Å². The summed E-state index contributed by atoms with van der Waals surface area (Å²) in [7, 11) is 2.98. The lowest BCUT2D eigenvalue weighted by Crippen LogP contribution is -2.22. The molecule has 0 aliphatic heterocycles. The van der Waals surface area contributed by atoms with Gasteiger partial charge in [0.25, 0.3) is 0 Å². The van der Waals surface area contributed by atoms with Gasteiger partial charge < -0.3 is 25.6 Å². The summed E-state index contributed by atoms with van der Waals surface area (Å²) < 4.78 is 27.4. The molecule has 0 radical (unpaired) electrons. The number of benzene rings is 2. The summed E-state index contributed by atoms with van der Waals surface area (Å²) in [5.74, 6) is 0.547. The Morgan fingerprint density at radius 2 is 1.89 bits per heavy atom. The van der Waals surface area contributed by atoms with E-state index in [1.807, 2.05) is 6.07 Å². The van der Waals surface area contributed by atoms with Crippen molar-refractivity contribution in [3.63, 3.8) is 0 Å². The van der Waals surface area contributed by atoms with Crippen molar-refractivity contribution < 1.29 is 19.0 Å². The highest BCUT2D eigenvalue weighted by Crippen LogP contribution is 2.37. The average Bonchev–Trinajstić information content (AvgIpc) is 3.55. The smallest absolute Gasteiger partial charge is 0.163 e. The Labute approximate surface area is 218 Å². The highest BCUT2D eigenvalue weighted by atomic mass is 35.5. The molecule has 0 atom stereocenters. The van der Waals surface area contributed by atoms with Crippen LogP contribution in [0.2, 0.25) is 5.02 Å². The van der Waals surface area contributed by atoms with E-state index in [9.17, 15) is 5.11 Å². The number of fused-ring (bicyclic) bond motifs is 1. The number of hydrogen-bond donors (Lipinski definition) is 3. The summed E-state index contributed by atoms with van der Waals surface area (Å²) in [5, 5.41) is 18.1. The molecule has 4 N–H and O–H groups in total. The second-order valence-electron chi connectivity index (χ2n) is 8.94. The maximum atomic E-state index is 15.1. The molecule has 0 bridgehead atoms. The summed E-state index contributed by atoms with van der Waals surface area (Å²) in [5.41, 5.74) is 9.94. The Kier molecular flexibility index (Phi) is 6.80. The zero-order valence-electron chi connectivity index (χ0n) is 20.5. The zero-order chi connectivity index (χ0) is 26.1. The first-order valence-corrected chi connectivity index (χ1v) is 12.3. The van der Waals surface area contributed by atoms with Crippen LogP contribution >= 0.6 is 11.6 Å². The Bertz CT molecular complexity index is 1500. The van der Waals surface area contributed by atoms with Gasteiger partial charge in [0.05, 0.1) is 47.9 Å². The standard InChI is InChI=1S/C27H27ClFN5O3/c1-36-24-11-18(21(29)12-25(24)37-2)15-9-23-26(32-16-5-3-4-6-16)19(13-31-34(23)14-15)27(30)33-22-8-7-17(35)10-20(22)28/h7-14,16,32,35H,3-6H2,1-2H3,(H2,30,33). The van der Waals surface area contributed by atoms with E-state index >= 15 is 4.39 Å². The molecular weight excluding hydrogens is 497 g/mol. The number of hydrogen-bond acceptors (Lipinski definition) is 6. The number of nitrogens with one attached hydrogen (secondary N) is 1. The normalized spacial score (nSPS) is 14.3. The number of aromatic hydroxyl groups is 1. The number of nitrogens with zero attached hydrogens (tertiary/aromatic N) is 3. The fraction of sp³-hybridized carbons (Fsp3) is 0.259. The van der Waals surface area contributed by atoms with E-state index in [-0.39, 0.29) is 22.6 Å². The van der Waals surface area contributed by atoms with Crippen LogP contribution < -0.4 is 20.5 Å². The largest absolute Gasteiger partial charge is 0.508 e. The Hall–Kier alpha value is -3.98. The zero-order valence-corrected chi connectivity index (χ0v) is 21.2. The molecule has 2 aromatic carbocycles. The minimum atomic E-state index is -0.442. The molecule has 1 aliphatic rings. The van der Waals surface area contributed by atoms with Gasteiger partial charge in [0.1, 0.15) is 17.4 Å². The van der Waals surface area contributed by atoms with Gasteiger partial charge in [-0.15, -0.1) is 0 Å². The number of aromatic nitrogens is 2. The van der Waals surface area contributed by atoms with Crippen molar-refractivity contribution in [1.82, 2.24) is 9.61 Å². The predicted molar refractivity (Wildman–Crippen MR) is 143 cm³/mol. The first-order chi connectivity index (χ1) is 17.9. The van der Waals surface area contributed by atoms with Gasteiger partial charge in [-0.05, 0) is 37.1 Å². The number of nitrogens with two attached hydrogens (primary N) is 1. The lowest BCUT2D eigenvalue weighted by Gasteiger charge is -2.18. The molecule has 10 heteroatoms. The number of methoxy groups -OCH3 is 2. The highest BCUT2D eigenvalue weighted by molar-refractivity contribution is 6.33. The maximum Gasteiger partial charge on any atom is 0.163 e. The molecule has 5 rings (SSSR count). The summed E-state index contributed by atoms with van der Waals surface area (Å²) in [6.45, 7) is 0. The molecule has 4 aromatic rings. The molecule has 0 amide bonds. The minimum Gasteiger partial charge on any atom is -0.508 e. The summed E-state index contributed by atoms with van der Waals surface area (Å²) in [4.78, 5) is 4.50. The SMILES string of the molecule is COc1cc(F)c(-c2cc3c(NC4CCCC4)c(C(N)=Nc4ccc(O)cc4Cl)cnn3c2)cc1OC. The topological polar surface area (TPSA) is 106 Å². The lowest BCUT2D eigenvalue weighted by atomic mass is 10.1. The van der Waals surface area contributed by atoms with Gasteiger partial charge in [-0.2, -0.15) is 5.10 Å². The van der Waals surface area contributed by atoms with Gasteiger partial charge >= 0.3 is 0 Å². The first kappa shape index (κ1) is 24.7. The van der Waals surface area contributed by atoms with Crippen molar-refractivity contribution in [3.8, 4) is 28.4 Å². The predicted octanol–water partition coefficient (Wildman–Crippen LogP) is 5.91. The third kappa shape index (κ3) is 4.86. The van der Waals surface area contributed by atoms with Crippen LogP contribution in [0.4, 0.5) is 15.8 Å². The number of aliphatic imine (C=N–C) groups is 1. The molecule has 2 heterocycles. The maximum absolute atomic E-state index is 15.1. The fourth-order valence-electron chi connectivity index (χ4n) is 4.68.